The van der Waals surface area contributed by atoms with Crippen molar-refractivity contribution in [2.45, 2.75) is 5.54 Å². The van der Waals surface area contributed by atoms with Gasteiger partial charge in [0.15, 0.2) is 5.54 Å². The minimum absolute atomic E-state index is 0. The second-order valence-electron chi connectivity index (χ2n) is 1.95. The van der Waals surface area contributed by atoms with E-state index in [2.05, 4.69) is 4.74 Å². The molecule has 1 heterocycles. The Labute approximate surface area is 58.4 Å². The predicted octanol–water partition coefficient (Wildman–Crippen LogP) is -0.780. The van der Waals surface area contributed by atoms with Crippen LogP contribution < -0.4 is 5.73 Å². The molecule has 0 amide bonds. The average Bonchev–Trinajstić information content (AvgIpc) is 1.60. The quantitative estimate of drug-likeness (QED) is 0.519. The second-order valence-corrected chi connectivity index (χ2v) is 1.95. The van der Waals surface area contributed by atoms with Gasteiger partial charge in [-0.3, -0.25) is 4.79 Å². The molecule has 5 heteroatoms. The van der Waals surface area contributed by atoms with E-state index in [9.17, 15) is 4.79 Å². The molecule has 9 heavy (non-hydrogen) atoms. The number of ether oxygens (including phenoxy) is 1. The van der Waals surface area contributed by atoms with Crippen LogP contribution in [-0.4, -0.2) is 29.8 Å². The third kappa shape index (κ3) is 1.32. The number of carbonyl (C=O) groups is 1. The maximum atomic E-state index is 10.1. The summed E-state index contributed by atoms with van der Waals surface area (Å²) in [6, 6.07) is 0. The molecule has 0 radical (unpaired) electrons. The molecule has 1 rings (SSSR count). The van der Waals surface area contributed by atoms with Gasteiger partial charge in [0, 0.05) is 0 Å². The fraction of sp³-hybridized carbons (Fsp3) is 0.750. The van der Waals surface area contributed by atoms with Gasteiger partial charge < -0.3 is 15.6 Å². The highest BCUT2D eigenvalue weighted by atomic mass is 35.5. The van der Waals surface area contributed by atoms with E-state index in [1.54, 1.807) is 0 Å². The first-order valence-electron chi connectivity index (χ1n) is 2.25. The summed E-state index contributed by atoms with van der Waals surface area (Å²) in [6.45, 7) is 0.282. The Bertz CT molecular complexity index is 123. The van der Waals surface area contributed by atoms with E-state index in [0.29, 0.717) is 0 Å². The molecule has 0 aromatic heterocycles. The summed E-state index contributed by atoms with van der Waals surface area (Å²) < 4.78 is 4.59. The van der Waals surface area contributed by atoms with Crippen LogP contribution >= 0.6 is 12.4 Å². The molecular weight excluding hydrogens is 146 g/mol. The zero-order chi connectivity index (χ0) is 6.20. The summed E-state index contributed by atoms with van der Waals surface area (Å²) in [7, 11) is 0. The Morgan fingerprint density at radius 1 is 1.67 bits per heavy atom. The lowest BCUT2D eigenvalue weighted by molar-refractivity contribution is -0.160. The molecule has 1 fully saturated rings. The van der Waals surface area contributed by atoms with E-state index in [4.69, 9.17) is 10.8 Å². The highest BCUT2D eigenvalue weighted by molar-refractivity contribution is 5.85. The molecule has 0 aromatic rings. The molecule has 54 valence electrons. The topological polar surface area (TPSA) is 72.6 Å². The summed E-state index contributed by atoms with van der Waals surface area (Å²) in [4.78, 5) is 10.1. The molecule has 0 aliphatic carbocycles. The number of carboxylic acids is 1. The van der Waals surface area contributed by atoms with Crippen molar-refractivity contribution in [2.24, 2.45) is 5.73 Å². The number of rotatable bonds is 1. The van der Waals surface area contributed by atoms with Gasteiger partial charge in [-0.1, -0.05) is 0 Å². The van der Waals surface area contributed by atoms with Crippen LogP contribution in [0.15, 0.2) is 0 Å². The van der Waals surface area contributed by atoms with Gasteiger partial charge in [-0.05, 0) is 0 Å². The monoisotopic (exact) mass is 153 g/mol. The van der Waals surface area contributed by atoms with Crippen molar-refractivity contribution in [3.63, 3.8) is 0 Å². The second kappa shape index (κ2) is 2.51. The van der Waals surface area contributed by atoms with Crippen molar-refractivity contribution in [1.82, 2.24) is 0 Å². The van der Waals surface area contributed by atoms with Gasteiger partial charge >= 0.3 is 5.97 Å². The molecule has 0 spiro atoms. The van der Waals surface area contributed by atoms with Crippen molar-refractivity contribution < 1.29 is 14.6 Å². The van der Waals surface area contributed by atoms with Crippen molar-refractivity contribution in [1.29, 1.82) is 0 Å². The van der Waals surface area contributed by atoms with Gasteiger partial charge in [0.1, 0.15) is 0 Å². The van der Waals surface area contributed by atoms with E-state index in [1.165, 1.54) is 0 Å². The molecule has 3 N–H and O–H groups in total. The van der Waals surface area contributed by atoms with Crippen LogP contribution in [0.25, 0.3) is 0 Å². The third-order valence-corrected chi connectivity index (χ3v) is 1.15. The summed E-state index contributed by atoms with van der Waals surface area (Å²) in [5.41, 5.74) is 4.14. The van der Waals surface area contributed by atoms with E-state index in [0.717, 1.165) is 0 Å². The molecule has 0 atom stereocenters. The highest BCUT2D eigenvalue weighted by Gasteiger charge is 2.41. The number of hydrogen-bond donors (Lipinski definition) is 2. The Hall–Kier alpha value is -0.320. The molecule has 0 bridgehead atoms. The van der Waals surface area contributed by atoms with Crippen LogP contribution in [0.4, 0.5) is 0 Å². The first-order valence-corrected chi connectivity index (χ1v) is 2.25. The van der Waals surface area contributed by atoms with Crippen LogP contribution in [0, 0.1) is 0 Å². The van der Waals surface area contributed by atoms with Gasteiger partial charge in [0.05, 0.1) is 13.2 Å². The summed E-state index contributed by atoms with van der Waals surface area (Å²) >= 11 is 0. The van der Waals surface area contributed by atoms with Crippen LogP contribution in [-0.2, 0) is 9.53 Å². The van der Waals surface area contributed by atoms with Crippen LogP contribution in [0.5, 0.6) is 0 Å². The smallest absolute Gasteiger partial charge is 0.328 e. The zero-order valence-electron chi connectivity index (χ0n) is 4.66. The minimum atomic E-state index is -1.08. The molecule has 0 unspecified atom stereocenters. The number of carboxylic acid groups (broad SMARTS) is 1. The largest absolute Gasteiger partial charge is 0.480 e. The zero-order valence-corrected chi connectivity index (χ0v) is 5.48. The number of aliphatic carboxylic acids is 1. The summed E-state index contributed by atoms with van der Waals surface area (Å²) in [5, 5.41) is 8.29. The molecule has 1 aliphatic rings. The van der Waals surface area contributed by atoms with Crippen molar-refractivity contribution >= 4 is 18.4 Å². The first kappa shape index (κ1) is 8.68. The minimum Gasteiger partial charge on any atom is -0.480 e. The molecule has 0 saturated carbocycles. The van der Waals surface area contributed by atoms with Crippen LogP contribution in [0.2, 0.25) is 0 Å². The van der Waals surface area contributed by atoms with E-state index in [-0.39, 0.29) is 25.6 Å². The lowest BCUT2D eigenvalue weighted by atomic mass is 10.0. The van der Waals surface area contributed by atoms with Gasteiger partial charge in [-0.25, -0.2) is 0 Å². The lowest BCUT2D eigenvalue weighted by Crippen LogP contribution is -2.63. The van der Waals surface area contributed by atoms with Crippen molar-refractivity contribution in [3.8, 4) is 0 Å². The first-order chi connectivity index (χ1) is 3.65. The number of halogens is 1. The average molecular weight is 154 g/mol. The highest BCUT2D eigenvalue weighted by Crippen LogP contribution is 2.12. The molecular formula is C4H8ClNO3. The fourth-order valence-corrected chi connectivity index (χ4v) is 0.445. The number of hydrogen-bond acceptors (Lipinski definition) is 3. The van der Waals surface area contributed by atoms with Gasteiger partial charge in [-0.15, -0.1) is 12.4 Å². The summed E-state index contributed by atoms with van der Waals surface area (Å²) in [5.74, 6) is -0.983. The summed E-state index contributed by atoms with van der Waals surface area (Å²) in [6.07, 6.45) is 0. The molecule has 1 saturated heterocycles. The van der Waals surface area contributed by atoms with Crippen LogP contribution in [0.1, 0.15) is 0 Å². The maximum absolute atomic E-state index is 10.1. The Morgan fingerprint density at radius 2 is 2.11 bits per heavy atom. The Kier molecular flexibility index (Phi) is 2.42. The Balaban J connectivity index is 0.000000640. The van der Waals surface area contributed by atoms with Gasteiger partial charge in [0.25, 0.3) is 0 Å². The van der Waals surface area contributed by atoms with E-state index >= 15 is 0 Å². The van der Waals surface area contributed by atoms with Crippen molar-refractivity contribution in [2.75, 3.05) is 13.2 Å². The maximum Gasteiger partial charge on any atom is 0.328 e. The van der Waals surface area contributed by atoms with Crippen molar-refractivity contribution in [3.05, 3.63) is 0 Å². The van der Waals surface area contributed by atoms with E-state index in [1.807, 2.05) is 0 Å². The molecule has 4 nitrogen and oxygen atoms in total. The number of nitrogens with two attached hydrogens (primary N) is 1. The predicted molar refractivity (Wildman–Crippen MR) is 32.6 cm³/mol. The normalized spacial score (nSPS) is 21.4. The SMILES string of the molecule is Cl.NC1(C(=O)O)COC1. The van der Waals surface area contributed by atoms with E-state index < -0.39 is 11.5 Å². The lowest BCUT2D eigenvalue weighted by Gasteiger charge is -2.32. The standard InChI is InChI=1S/C4H7NO3.ClH/c5-4(3(6)7)1-8-2-4;/h1-2,5H2,(H,6,7);1H. The van der Waals surface area contributed by atoms with Gasteiger partial charge in [-0.2, -0.15) is 0 Å². The fourth-order valence-electron chi connectivity index (χ4n) is 0.445. The van der Waals surface area contributed by atoms with Crippen LogP contribution in [0.3, 0.4) is 0 Å². The van der Waals surface area contributed by atoms with Gasteiger partial charge in [0.2, 0.25) is 0 Å². The molecule has 0 aromatic carbocycles. The molecule has 1 aliphatic heterocycles. The third-order valence-electron chi connectivity index (χ3n) is 1.15. The Morgan fingerprint density at radius 3 is 2.11 bits per heavy atom.